The van der Waals surface area contributed by atoms with Gasteiger partial charge < -0.3 is 18.5 Å². The SMILES string of the molecule is N.N.N.[Co+3].[O]N=O.[O]N=O.[O]N=O. The molecule has 0 aromatic rings. The fourth-order valence-electron chi connectivity index (χ4n) is 0. The van der Waals surface area contributed by atoms with Crippen molar-refractivity contribution in [1.82, 2.24) is 18.5 Å². The molecule has 12 nitrogen and oxygen atoms in total. The summed E-state index contributed by atoms with van der Waals surface area (Å²) in [6, 6.07) is 0. The van der Waals surface area contributed by atoms with E-state index >= 15 is 0 Å². The Morgan fingerprint density at radius 2 is 0.538 bits per heavy atom. The second kappa shape index (κ2) is 387. The van der Waals surface area contributed by atoms with Crippen molar-refractivity contribution >= 4 is 0 Å². The summed E-state index contributed by atoms with van der Waals surface area (Å²) in [5.41, 5.74) is 0. The third-order valence-electron chi connectivity index (χ3n) is 0. The van der Waals surface area contributed by atoms with E-state index in [1.165, 1.54) is 0 Å². The Labute approximate surface area is 82.4 Å². The Morgan fingerprint density at radius 3 is 0.538 bits per heavy atom. The molecule has 9 N–H and O–H groups in total. The fraction of sp³-hybridized carbons (Fsp3) is 0. The predicted molar refractivity (Wildman–Crippen MR) is 34.5 cm³/mol. The molecular weight excluding hydrogens is 239 g/mol. The summed E-state index contributed by atoms with van der Waals surface area (Å²) in [5, 5.41) is 27.0. The molecule has 0 atom stereocenters. The average molecular weight is 248 g/mol. The topological polar surface area (TPSA) is 253 Å². The monoisotopic (exact) mass is 248 g/mol. The zero-order valence-electron chi connectivity index (χ0n) is 6.25. The van der Waals surface area contributed by atoms with Crippen molar-refractivity contribution in [1.29, 1.82) is 0 Å². The number of rotatable bonds is 0. The van der Waals surface area contributed by atoms with E-state index in [4.69, 9.17) is 30.3 Å². The Balaban J connectivity index is -0.00000000720. The van der Waals surface area contributed by atoms with Crippen molar-refractivity contribution in [2.75, 3.05) is 0 Å². The molecule has 81 valence electrons. The molecule has 0 bridgehead atoms. The van der Waals surface area contributed by atoms with Crippen LogP contribution in [0.15, 0.2) is 16.0 Å². The molecule has 0 unspecified atom stereocenters. The second-order valence-electron chi connectivity index (χ2n) is 0.224. The smallest absolute Gasteiger partial charge is 0.344 e. The molecule has 3 radical (unpaired) electrons. The van der Waals surface area contributed by atoms with E-state index in [0.29, 0.717) is 0 Å². The van der Waals surface area contributed by atoms with Gasteiger partial charge in [-0.3, -0.25) is 0 Å². The number of nitrogens with zero attached hydrogens (tertiary/aromatic N) is 3. The Morgan fingerprint density at radius 1 is 0.538 bits per heavy atom. The van der Waals surface area contributed by atoms with E-state index < -0.39 is 0 Å². The van der Waals surface area contributed by atoms with Gasteiger partial charge in [-0.05, 0) is 0 Å². The summed E-state index contributed by atoms with van der Waals surface area (Å²) >= 11 is 0. The second-order valence-corrected chi connectivity index (χ2v) is 0.224. The normalized spacial score (nSPS) is 2.77. The van der Waals surface area contributed by atoms with Gasteiger partial charge in [-0.15, -0.1) is 30.3 Å². The van der Waals surface area contributed by atoms with Crippen LogP contribution in [0.3, 0.4) is 0 Å². The van der Waals surface area contributed by atoms with Crippen LogP contribution in [-0.4, -0.2) is 0 Å². The molecule has 0 aromatic carbocycles. The first-order valence-corrected chi connectivity index (χ1v) is 1.10. The molecule has 0 aliphatic rings. The molecule has 0 aliphatic heterocycles. The molecular formula is H9CoN6O6+3. The van der Waals surface area contributed by atoms with E-state index in [0.717, 1.165) is 16.0 Å². The first kappa shape index (κ1) is 61.7. The first-order valence-electron chi connectivity index (χ1n) is 1.10. The Hall–Kier alpha value is -1.41. The molecule has 0 spiro atoms. The largest absolute Gasteiger partial charge is 3.00 e. The average Bonchev–Trinajstić information content (AvgIpc) is 1.70. The van der Waals surface area contributed by atoms with Crippen molar-refractivity contribution in [3.8, 4) is 0 Å². The van der Waals surface area contributed by atoms with Crippen molar-refractivity contribution < 1.29 is 32.4 Å². The summed E-state index contributed by atoms with van der Waals surface area (Å²) in [4.78, 5) is 24.0. The summed E-state index contributed by atoms with van der Waals surface area (Å²) in [6.45, 7) is 0. The maximum Gasteiger partial charge on any atom is 3.00 e. The van der Waals surface area contributed by atoms with Crippen LogP contribution in [0.4, 0.5) is 0 Å². The van der Waals surface area contributed by atoms with Crippen LogP contribution in [0, 0.1) is 14.7 Å². The number of hydrogen-bond donors (Lipinski definition) is 3. The van der Waals surface area contributed by atoms with Crippen LogP contribution < -0.4 is 18.5 Å². The van der Waals surface area contributed by atoms with Gasteiger partial charge in [0.05, 0.1) is 0 Å². The molecule has 0 aromatic heterocycles. The van der Waals surface area contributed by atoms with Gasteiger partial charge >= 0.3 is 16.8 Å². The van der Waals surface area contributed by atoms with Gasteiger partial charge in [-0.25, -0.2) is 0 Å². The first-order chi connectivity index (χ1) is 4.24. The third kappa shape index (κ3) is 391. The van der Waals surface area contributed by atoms with Crippen LogP contribution in [-0.2, 0) is 32.4 Å². The maximum atomic E-state index is 8.00. The fourth-order valence-corrected chi connectivity index (χ4v) is 0. The molecule has 0 fully saturated rings. The van der Waals surface area contributed by atoms with Gasteiger partial charge in [0.2, 0.25) is 16.0 Å². The van der Waals surface area contributed by atoms with Gasteiger partial charge in [0.15, 0.2) is 0 Å². The van der Waals surface area contributed by atoms with E-state index in [2.05, 4.69) is 0 Å². The molecule has 0 heterocycles. The molecule has 0 saturated heterocycles. The molecule has 0 saturated carbocycles. The van der Waals surface area contributed by atoms with Gasteiger partial charge in [0.1, 0.15) is 0 Å². The van der Waals surface area contributed by atoms with Gasteiger partial charge in [0.25, 0.3) is 0 Å². The zero-order chi connectivity index (χ0) is 8.12. The Kier molecular flexibility index (Phi) is 1840. The minimum Gasteiger partial charge on any atom is -0.344 e. The number of hydrogen-bond acceptors (Lipinski definition) is 9. The van der Waals surface area contributed by atoms with Crippen LogP contribution in [0.1, 0.15) is 0 Å². The summed E-state index contributed by atoms with van der Waals surface area (Å²) in [7, 11) is 0. The van der Waals surface area contributed by atoms with Gasteiger partial charge in [-0.2, -0.15) is 0 Å². The zero-order valence-corrected chi connectivity index (χ0v) is 7.29. The molecule has 0 amide bonds. The molecule has 13 heteroatoms. The molecule has 0 aliphatic carbocycles. The van der Waals surface area contributed by atoms with E-state index in [1.807, 2.05) is 0 Å². The quantitative estimate of drug-likeness (QED) is 0.411. The summed E-state index contributed by atoms with van der Waals surface area (Å²) < 4.78 is 0. The van der Waals surface area contributed by atoms with Crippen LogP contribution in [0.25, 0.3) is 0 Å². The summed E-state index contributed by atoms with van der Waals surface area (Å²) in [5.74, 6) is 0. The standard InChI is InChI=1S/Co.3NO2.3H3N/c;3*2-1-3;;;/h;;;;3*1H3/q+3;;;;;;. The van der Waals surface area contributed by atoms with Crippen LogP contribution >= 0.6 is 0 Å². The van der Waals surface area contributed by atoms with E-state index in [1.54, 1.807) is 0 Å². The van der Waals surface area contributed by atoms with Crippen LogP contribution in [0.2, 0.25) is 0 Å². The molecule has 13 heavy (non-hydrogen) atoms. The minimum absolute atomic E-state index is 0. The van der Waals surface area contributed by atoms with Crippen molar-refractivity contribution in [3.05, 3.63) is 14.7 Å². The van der Waals surface area contributed by atoms with Crippen molar-refractivity contribution in [3.63, 3.8) is 0 Å². The Bertz CT molecular complexity index is 53.9. The minimum atomic E-state index is 0. The van der Waals surface area contributed by atoms with Gasteiger partial charge in [0, 0.05) is 0 Å². The predicted octanol–water partition coefficient (Wildman–Crippen LogP) is 0.778. The van der Waals surface area contributed by atoms with Crippen molar-refractivity contribution in [2.24, 2.45) is 16.0 Å². The van der Waals surface area contributed by atoms with Gasteiger partial charge in [-0.1, -0.05) is 0 Å². The van der Waals surface area contributed by atoms with Crippen LogP contribution in [0.5, 0.6) is 0 Å². The van der Waals surface area contributed by atoms with E-state index in [-0.39, 0.29) is 35.2 Å². The molecule has 0 rings (SSSR count). The summed E-state index contributed by atoms with van der Waals surface area (Å²) in [6.07, 6.45) is 0. The third-order valence-corrected chi connectivity index (χ3v) is 0. The van der Waals surface area contributed by atoms with E-state index in [9.17, 15) is 0 Å². The van der Waals surface area contributed by atoms with Crippen molar-refractivity contribution in [2.45, 2.75) is 0 Å². The maximum absolute atomic E-state index is 8.00.